The molecule has 1 aliphatic rings. The van der Waals surface area contributed by atoms with E-state index in [-0.39, 0.29) is 5.78 Å². The Balaban J connectivity index is 1.72. The molecule has 1 aliphatic heterocycles. The Bertz CT molecular complexity index is 954. The molecule has 0 saturated carbocycles. The van der Waals surface area contributed by atoms with Crippen molar-refractivity contribution in [1.29, 1.82) is 0 Å². The Kier molecular flexibility index (Phi) is 3.12. The normalized spacial score (nSPS) is 14.8. The van der Waals surface area contributed by atoms with Crippen LogP contribution in [0.15, 0.2) is 66.4 Å². The summed E-state index contributed by atoms with van der Waals surface area (Å²) in [5.41, 5.74) is 1.50. The zero-order valence-electron chi connectivity index (χ0n) is 12.6. The molecule has 0 N–H and O–H groups in total. The SMILES string of the molecule is COc1ccc2c(c1)O/C(=C\c1ccc3ccccc3c1)C2=O. The van der Waals surface area contributed by atoms with Crippen LogP contribution >= 0.6 is 0 Å². The predicted octanol–water partition coefficient (Wildman–Crippen LogP) is 4.46. The standard InChI is InChI=1S/C20H14O3/c1-22-16-8-9-17-18(12-16)23-19(20(17)21)11-13-6-7-14-4-2-3-5-15(14)10-13/h2-12H,1H3/b19-11-. The summed E-state index contributed by atoms with van der Waals surface area (Å²) in [4.78, 5) is 12.4. The number of ketones is 1. The van der Waals surface area contributed by atoms with Gasteiger partial charge in [0.25, 0.3) is 0 Å². The number of hydrogen-bond acceptors (Lipinski definition) is 3. The summed E-state index contributed by atoms with van der Waals surface area (Å²) in [6.07, 6.45) is 1.78. The number of allylic oxidation sites excluding steroid dienone is 1. The summed E-state index contributed by atoms with van der Waals surface area (Å²) in [6.45, 7) is 0. The van der Waals surface area contributed by atoms with Gasteiger partial charge in [0.15, 0.2) is 5.76 Å². The fraction of sp³-hybridized carbons (Fsp3) is 0.0500. The molecule has 23 heavy (non-hydrogen) atoms. The summed E-state index contributed by atoms with van der Waals surface area (Å²) < 4.78 is 10.9. The molecule has 0 saturated heterocycles. The van der Waals surface area contributed by atoms with Crippen molar-refractivity contribution in [2.75, 3.05) is 7.11 Å². The van der Waals surface area contributed by atoms with Crippen LogP contribution in [0, 0.1) is 0 Å². The van der Waals surface area contributed by atoms with Gasteiger partial charge in [-0.15, -0.1) is 0 Å². The topological polar surface area (TPSA) is 35.5 Å². The van der Waals surface area contributed by atoms with Gasteiger partial charge in [-0.25, -0.2) is 0 Å². The van der Waals surface area contributed by atoms with Crippen LogP contribution in [-0.4, -0.2) is 12.9 Å². The van der Waals surface area contributed by atoms with Crippen LogP contribution in [-0.2, 0) is 0 Å². The highest BCUT2D eigenvalue weighted by Gasteiger charge is 2.27. The zero-order valence-corrected chi connectivity index (χ0v) is 12.6. The lowest BCUT2D eigenvalue weighted by atomic mass is 10.1. The van der Waals surface area contributed by atoms with Crippen LogP contribution < -0.4 is 9.47 Å². The van der Waals surface area contributed by atoms with Gasteiger partial charge in [-0.1, -0.05) is 36.4 Å². The lowest BCUT2D eigenvalue weighted by Crippen LogP contribution is -1.97. The maximum atomic E-state index is 12.4. The van der Waals surface area contributed by atoms with Gasteiger partial charge in [-0.3, -0.25) is 4.79 Å². The number of carbonyl (C=O) groups is 1. The van der Waals surface area contributed by atoms with E-state index in [1.807, 2.05) is 36.4 Å². The summed E-state index contributed by atoms with van der Waals surface area (Å²) in [5, 5.41) is 2.30. The van der Waals surface area contributed by atoms with Crippen molar-refractivity contribution in [3.8, 4) is 11.5 Å². The molecule has 3 nitrogen and oxygen atoms in total. The first-order valence-electron chi connectivity index (χ1n) is 7.36. The van der Waals surface area contributed by atoms with E-state index in [1.165, 1.54) is 5.39 Å². The van der Waals surface area contributed by atoms with Gasteiger partial charge in [0, 0.05) is 6.07 Å². The number of carbonyl (C=O) groups excluding carboxylic acids is 1. The molecule has 3 aromatic carbocycles. The molecule has 0 bridgehead atoms. The van der Waals surface area contributed by atoms with Crippen molar-refractivity contribution in [2.24, 2.45) is 0 Å². The number of ether oxygens (including phenoxy) is 2. The van der Waals surface area contributed by atoms with Crippen molar-refractivity contribution in [3.63, 3.8) is 0 Å². The number of fused-ring (bicyclic) bond motifs is 2. The highest BCUT2D eigenvalue weighted by atomic mass is 16.5. The lowest BCUT2D eigenvalue weighted by Gasteiger charge is -2.02. The molecular weight excluding hydrogens is 288 g/mol. The van der Waals surface area contributed by atoms with Gasteiger partial charge in [0.05, 0.1) is 12.7 Å². The number of rotatable bonds is 2. The average Bonchev–Trinajstić information content (AvgIpc) is 2.90. The third kappa shape index (κ3) is 2.36. The van der Waals surface area contributed by atoms with Gasteiger partial charge in [0.2, 0.25) is 5.78 Å². The highest BCUT2D eigenvalue weighted by molar-refractivity contribution is 6.14. The van der Waals surface area contributed by atoms with Crippen molar-refractivity contribution < 1.29 is 14.3 Å². The minimum Gasteiger partial charge on any atom is -0.497 e. The third-order valence-electron chi connectivity index (χ3n) is 3.95. The molecule has 112 valence electrons. The summed E-state index contributed by atoms with van der Waals surface area (Å²) in [5.74, 6) is 1.45. The van der Waals surface area contributed by atoms with E-state index in [9.17, 15) is 4.79 Å². The Morgan fingerprint density at radius 1 is 0.957 bits per heavy atom. The van der Waals surface area contributed by atoms with Crippen LogP contribution in [0.25, 0.3) is 16.8 Å². The molecule has 3 heteroatoms. The third-order valence-corrected chi connectivity index (χ3v) is 3.95. The molecule has 4 rings (SSSR count). The Labute approximate surface area is 133 Å². The zero-order chi connectivity index (χ0) is 15.8. The van der Waals surface area contributed by atoms with E-state index in [4.69, 9.17) is 9.47 Å². The van der Waals surface area contributed by atoms with Crippen LogP contribution in [0.1, 0.15) is 15.9 Å². The Morgan fingerprint density at radius 2 is 1.78 bits per heavy atom. The molecule has 0 radical (unpaired) electrons. The van der Waals surface area contributed by atoms with E-state index in [2.05, 4.69) is 6.07 Å². The van der Waals surface area contributed by atoms with Crippen molar-refractivity contribution in [2.45, 2.75) is 0 Å². The van der Waals surface area contributed by atoms with Gasteiger partial charge in [-0.05, 0) is 40.6 Å². The van der Waals surface area contributed by atoms with E-state index in [0.717, 1.165) is 10.9 Å². The van der Waals surface area contributed by atoms with Crippen molar-refractivity contribution in [3.05, 3.63) is 77.5 Å². The number of benzene rings is 3. The van der Waals surface area contributed by atoms with Gasteiger partial charge < -0.3 is 9.47 Å². The van der Waals surface area contributed by atoms with Crippen LogP contribution in [0.2, 0.25) is 0 Å². The first-order valence-corrected chi connectivity index (χ1v) is 7.36. The molecule has 0 amide bonds. The fourth-order valence-corrected chi connectivity index (χ4v) is 2.74. The van der Waals surface area contributed by atoms with Crippen molar-refractivity contribution in [1.82, 2.24) is 0 Å². The monoisotopic (exact) mass is 302 g/mol. The maximum Gasteiger partial charge on any atom is 0.231 e. The molecule has 0 spiro atoms. The maximum absolute atomic E-state index is 12.4. The molecular formula is C20H14O3. The smallest absolute Gasteiger partial charge is 0.231 e. The first-order chi connectivity index (χ1) is 11.2. The van der Waals surface area contributed by atoms with Crippen LogP contribution in [0.4, 0.5) is 0 Å². The highest BCUT2D eigenvalue weighted by Crippen LogP contribution is 2.34. The number of methoxy groups -OCH3 is 1. The van der Waals surface area contributed by atoms with Gasteiger partial charge in [0.1, 0.15) is 11.5 Å². The first kappa shape index (κ1) is 13.6. The molecule has 0 unspecified atom stereocenters. The molecule has 1 heterocycles. The van der Waals surface area contributed by atoms with E-state index < -0.39 is 0 Å². The number of hydrogen-bond donors (Lipinski definition) is 0. The minimum atomic E-state index is -0.101. The lowest BCUT2D eigenvalue weighted by molar-refractivity contribution is 0.101. The van der Waals surface area contributed by atoms with Crippen LogP contribution in [0.5, 0.6) is 11.5 Å². The van der Waals surface area contributed by atoms with E-state index in [1.54, 1.807) is 31.4 Å². The second-order valence-corrected chi connectivity index (χ2v) is 5.41. The Hall–Kier alpha value is -3.07. The quantitative estimate of drug-likeness (QED) is 0.655. The molecule has 0 atom stereocenters. The average molecular weight is 302 g/mol. The Morgan fingerprint density at radius 3 is 2.61 bits per heavy atom. The van der Waals surface area contributed by atoms with Crippen molar-refractivity contribution >= 4 is 22.6 Å². The molecule has 3 aromatic rings. The van der Waals surface area contributed by atoms with Crippen LogP contribution in [0.3, 0.4) is 0 Å². The van der Waals surface area contributed by atoms with Gasteiger partial charge in [-0.2, -0.15) is 0 Å². The summed E-state index contributed by atoms with van der Waals surface area (Å²) in [6, 6.07) is 19.4. The second-order valence-electron chi connectivity index (χ2n) is 5.41. The fourth-order valence-electron chi connectivity index (χ4n) is 2.74. The number of Topliss-reactive ketones (excluding diaryl/α,β-unsaturated/α-hetero) is 1. The minimum absolute atomic E-state index is 0.101. The van der Waals surface area contributed by atoms with E-state index >= 15 is 0 Å². The predicted molar refractivity (Wildman–Crippen MR) is 89.9 cm³/mol. The second kappa shape index (κ2) is 5.29. The molecule has 0 fully saturated rings. The van der Waals surface area contributed by atoms with E-state index in [0.29, 0.717) is 22.8 Å². The largest absolute Gasteiger partial charge is 0.497 e. The summed E-state index contributed by atoms with van der Waals surface area (Å²) in [7, 11) is 1.59. The molecule has 0 aromatic heterocycles. The van der Waals surface area contributed by atoms with Gasteiger partial charge >= 0.3 is 0 Å². The summed E-state index contributed by atoms with van der Waals surface area (Å²) >= 11 is 0. The molecule has 0 aliphatic carbocycles.